The molecule has 0 aromatic heterocycles. The molecule has 0 bridgehead atoms. The fourth-order valence-corrected chi connectivity index (χ4v) is 1.47. The smallest absolute Gasteiger partial charge is 0.331 e. The van der Waals surface area contributed by atoms with E-state index in [0.717, 1.165) is 6.42 Å². The predicted octanol–water partition coefficient (Wildman–Crippen LogP) is 0.120. The molecule has 0 aliphatic carbocycles. The van der Waals surface area contributed by atoms with E-state index in [2.05, 4.69) is 4.74 Å². The van der Waals surface area contributed by atoms with Crippen LogP contribution in [0.5, 0.6) is 0 Å². The van der Waals surface area contributed by atoms with Crippen molar-refractivity contribution in [2.75, 3.05) is 12.0 Å². The van der Waals surface area contributed by atoms with E-state index in [9.17, 15) is 9.59 Å². The normalized spacial score (nSPS) is 16.3. The molecule has 5 nitrogen and oxygen atoms in total. The Morgan fingerprint density at radius 1 is 1.31 bits per heavy atom. The number of carbonyl (C=O) groups is 2. The van der Waals surface area contributed by atoms with Crippen LogP contribution in [0, 0.1) is 5.92 Å². The largest absolute Gasteiger partial charge is 0.391 e. The Morgan fingerprint density at radius 2 is 1.88 bits per heavy atom. The Labute approximate surface area is 100 Å². The zero-order valence-corrected chi connectivity index (χ0v) is 10.8. The summed E-state index contributed by atoms with van der Waals surface area (Å²) in [5, 5.41) is 0. The van der Waals surface area contributed by atoms with Crippen molar-refractivity contribution < 1.29 is 14.3 Å². The molecule has 0 unspecified atom stereocenters. The molecule has 0 aliphatic heterocycles. The number of ether oxygens (including phenoxy) is 1. The van der Waals surface area contributed by atoms with E-state index in [0.29, 0.717) is 5.75 Å². The molecule has 0 radical (unpaired) electrons. The molecule has 4 N–H and O–H groups in total. The van der Waals surface area contributed by atoms with E-state index in [1.54, 1.807) is 0 Å². The first kappa shape index (κ1) is 15.4. The van der Waals surface area contributed by atoms with Gasteiger partial charge in [-0.25, -0.2) is 9.59 Å². The number of thioether (sulfide) groups is 1. The minimum atomic E-state index is -0.775. The molecule has 0 rings (SSSR count). The van der Waals surface area contributed by atoms with Gasteiger partial charge in [0, 0.05) is 5.75 Å². The van der Waals surface area contributed by atoms with Crippen LogP contribution < -0.4 is 11.5 Å². The lowest BCUT2D eigenvalue weighted by Gasteiger charge is -2.17. The highest BCUT2D eigenvalue weighted by Crippen LogP contribution is 2.07. The highest BCUT2D eigenvalue weighted by Gasteiger charge is 2.25. The first-order chi connectivity index (χ1) is 7.43. The Bertz CT molecular complexity index is 248. The van der Waals surface area contributed by atoms with Gasteiger partial charge in [-0.2, -0.15) is 11.8 Å². The molecule has 0 fully saturated rings. The fraction of sp³-hybridized carbons (Fsp3) is 0.800. The second-order valence-corrected chi connectivity index (χ2v) is 4.62. The molecule has 0 aromatic carbocycles. The van der Waals surface area contributed by atoms with Crippen molar-refractivity contribution in [2.45, 2.75) is 32.4 Å². The summed E-state index contributed by atoms with van der Waals surface area (Å²) in [6, 6.07) is -1.54. The van der Waals surface area contributed by atoms with Gasteiger partial charge in [0.25, 0.3) is 0 Å². The first-order valence-electron chi connectivity index (χ1n) is 5.19. The Morgan fingerprint density at radius 3 is 2.31 bits per heavy atom. The Kier molecular flexibility index (Phi) is 7.36. The van der Waals surface area contributed by atoms with Gasteiger partial charge in [0.05, 0.1) is 0 Å². The standard InChI is InChI=1S/C10H20N2O3S/c1-4-6(2)8(12)10(14)15-9(13)7(11)5-16-3/h6-8H,4-5,11-12H2,1-3H3/t6-,7-,8-/m0/s1. The van der Waals surface area contributed by atoms with Gasteiger partial charge in [-0.05, 0) is 12.2 Å². The summed E-state index contributed by atoms with van der Waals surface area (Å²) in [6.45, 7) is 3.75. The first-order valence-corrected chi connectivity index (χ1v) is 6.59. The third-order valence-corrected chi connectivity index (χ3v) is 3.07. The molecule has 0 saturated carbocycles. The van der Waals surface area contributed by atoms with Crippen molar-refractivity contribution in [1.82, 2.24) is 0 Å². The molecule has 6 heteroatoms. The van der Waals surface area contributed by atoms with Crippen molar-refractivity contribution in [3.05, 3.63) is 0 Å². The molecule has 94 valence electrons. The number of nitrogens with two attached hydrogens (primary N) is 2. The molecule has 0 saturated heterocycles. The Hall–Kier alpha value is -0.590. The van der Waals surface area contributed by atoms with E-state index >= 15 is 0 Å². The van der Waals surface area contributed by atoms with Crippen molar-refractivity contribution in [1.29, 1.82) is 0 Å². The predicted molar refractivity (Wildman–Crippen MR) is 64.9 cm³/mol. The van der Waals surface area contributed by atoms with E-state index in [4.69, 9.17) is 11.5 Å². The lowest BCUT2D eigenvalue weighted by molar-refractivity contribution is -0.161. The van der Waals surface area contributed by atoms with Crippen LogP contribution in [0.25, 0.3) is 0 Å². The highest BCUT2D eigenvalue weighted by atomic mass is 32.2. The number of carbonyl (C=O) groups excluding carboxylic acids is 2. The van der Waals surface area contributed by atoms with Gasteiger partial charge in [-0.1, -0.05) is 20.3 Å². The van der Waals surface area contributed by atoms with E-state index in [1.807, 2.05) is 20.1 Å². The minimum Gasteiger partial charge on any atom is -0.391 e. The summed E-state index contributed by atoms with van der Waals surface area (Å²) >= 11 is 1.42. The van der Waals surface area contributed by atoms with Crippen LogP contribution in [-0.2, 0) is 14.3 Å². The van der Waals surface area contributed by atoms with Crippen molar-refractivity contribution in [3.8, 4) is 0 Å². The molecule has 16 heavy (non-hydrogen) atoms. The fourth-order valence-electron chi connectivity index (χ4n) is 0.977. The van der Waals surface area contributed by atoms with E-state index in [-0.39, 0.29) is 5.92 Å². The summed E-state index contributed by atoms with van der Waals surface area (Å²) in [5.74, 6) is -1.00. The average molecular weight is 248 g/mol. The van der Waals surface area contributed by atoms with Crippen LogP contribution in [0.3, 0.4) is 0 Å². The highest BCUT2D eigenvalue weighted by molar-refractivity contribution is 7.98. The Balaban J connectivity index is 4.18. The van der Waals surface area contributed by atoms with Crippen LogP contribution in [-0.4, -0.2) is 36.0 Å². The summed E-state index contributed by atoms with van der Waals surface area (Å²) in [4.78, 5) is 22.8. The maximum atomic E-state index is 11.4. The van der Waals surface area contributed by atoms with Crippen LogP contribution >= 0.6 is 11.8 Å². The molecular formula is C10H20N2O3S. The van der Waals surface area contributed by atoms with Crippen LogP contribution in [0.1, 0.15) is 20.3 Å². The van der Waals surface area contributed by atoms with E-state index in [1.165, 1.54) is 11.8 Å². The molecule has 0 aromatic rings. The van der Waals surface area contributed by atoms with Crippen LogP contribution in [0.2, 0.25) is 0 Å². The van der Waals surface area contributed by atoms with Crippen LogP contribution in [0.4, 0.5) is 0 Å². The number of esters is 2. The summed E-state index contributed by atoms with van der Waals surface area (Å²) in [7, 11) is 0. The molecule has 0 spiro atoms. The third-order valence-electron chi connectivity index (χ3n) is 2.38. The monoisotopic (exact) mass is 248 g/mol. The molecular weight excluding hydrogens is 228 g/mol. The number of rotatable bonds is 6. The van der Waals surface area contributed by atoms with Crippen LogP contribution in [0.15, 0.2) is 0 Å². The summed E-state index contributed by atoms with van der Waals surface area (Å²) < 4.78 is 4.61. The van der Waals surface area contributed by atoms with Gasteiger partial charge in [-0.3, -0.25) is 0 Å². The van der Waals surface area contributed by atoms with Crippen molar-refractivity contribution in [2.24, 2.45) is 17.4 Å². The quantitative estimate of drug-likeness (QED) is 0.512. The summed E-state index contributed by atoms with van der Waals surface area (Å²) in [5.41, 5.74) is 11.1. The summed E-state index contributed by atoms with van der Waals surface area (Å²) in [6.07, 6.45) is 2.57. The van der Waals surface area contributed by atoms with Crippen molar-refractivity contribution in [3.63, 3.8) is 0 Å². The van der Waals surface area contributed by atoms with E-state index < -0.39 is 24.0 Å². The molecule has 0 amide bonds. The topological polar surface area (TPSA) is 95.4 Å². The third kappa shape index (κ3) is 4.96. The zero-order chi connectivity index (χ0) is 12.7. The second kappa shape index (κ2) is 7.65. The van der Waals surface area contributed by atoms with Crippen molar-refractivity contribution >= 4 is 23.7 Å². The van der Waals surface area contributed by atoms with Gasteiger partial charge in [-0.15, -0.1) is 0 Å². The molecule has 0 heterocycles. The van der Waals surface area contributed by atoms with Gasteiger partial charge < -0.3 is 16.2 Å². The number of hydrogen-bond acceptors (Lipinski definition) is 6. The molecule has 3 atom stereocenters. The van der Waals surface area contributed by atoms with Gasteiger partial charge in [0.15, 0.2) is 0 Å². The van der Waals surface area contributed by atoms with Gasteiger partial charge >= 0.3 is 11.9 Å². The zero-order valence-electron chi connectivity index (χ0n) is 9.93. The minimum absolute atomic E-state index is 0.0166. The second-order valence-electron chi connectivity index (χ2n) is 3.71. The lowest BCUT2D eigenvalue weighted by atomic mass is 10.0. The van der Waals surface area contributed by atoms with Gasteiger partial charge in [0.1, 0.15) is 12.1 Å². The maximum absolute atomic E-state index is 11.4. The SMILES string of the molecule is CC[C@H](C)[C@H](N)C(=O)OC(=O)[C@@H](N)CSC. The molecule has 0 aliphatic rings. The number of hydrogen-bond donors (Lipinski definition) is 2. The maximum Gasteiger partial charge on any atom is 0.331 e. The lowest BCUT2D eigenvalue weighted by Crippen LogP contribution is -2.43. The van der Waals surface area contributed by atoms with Gasteiger partial charge in [0.2, 0.25) is 0 Å². The average Bonchev–Trinajstić information content (AvgIpc) is 2.26.